The maximum atomic E-state index is 12.6. The molecule has 1 fully saturated rings. The van der Waals surface area contributed by atoms with Gasteiger partial charge in [-0.15, -0.1) is 0 Å². The summed E-state index contributed by atoms with van der Waals surface area (Å²) in [4.78, 5) is 4.30. The van der Waals surface area contributed by atoms with E-state index in [-0.39, 0.29) is 17.4 Å². The van der Waals surface area contributed by atoms with Crippen molar-refractivity contribution in [2.24, 2.45) is 5.92 Å². The van der Waals surface area contributed by atoms with E-state index in [1.165, 1.54) is 12.1 Å². The standard InChI is InChI=1S/C15H17ClN2O3S/c16-12-6-7-14(11-4-2-8-17-15(11)12)22(20,21)18-9-10-3-1-5-13(10)19/h2,4,6-8,10,13,18-19H,1,3,5,9H2. The molecule has 22 heavy (non-hydrogen) atoms. The zero-order valence-corrected chi connectivity index (χ0v) is 13.4. The number of nitrogens with one attached hydrogen (secondary N) is 1. The molecule has 1 aromatic carbocycles. The smallest absolute Gasteiger partial charge is 0.241 e. The summed E-state index contributed by atoms with van der Waals surface area (Å²) in [5.41, 5.74) is 0.466. The van der Waals surface area contributed by atoms with Gasteiger partial charge in [0.15, 0.2) is 0 Å². The number of aliphatic hydroxyl groups excluding tert-OH is 1. The Morgan fingerprint density at radius 2 is 2.14 bits per heavy atom. The fourth-order valence-corrected chi connectivity index (χ4v) is 4.40. The number of pyridine rings is 1. The molecule has 1 aromatic heterocycles. The number of rotatable bonds is 4. The minimum absolute atomic E-state index is 0.0218. The highest BCUT2D eigenvalue weighted by molar-refractivity contribution is 7.89. The van der Waals surface area contributed by atoms with E-state index in [2.05, 4.69) is 9.71 Å². The third-order valence-electron chi connectivity index (χ3n) is 4.12. The van der Waals surface area contributed by atoms with Crippen molar-refractivity contribution in [3.8, 4) is 0 Å². The number of aliphatic hydroxyl groups is 1. The van der Waals surface area contributed by atoms with Gasteiger partial charge in [-0.1, -0.05) is 18.0 Å². The van der Waals surface area contributed by atoms with Gasteiger partial charge in [0.25, 0.3) is 0 Å². The maximum Gasteiger partial charge on any atom is 0.241 e. The predicted octanol–water partition coefficient (Wildman–Crippen LogP) is 2.33. The van der Waals surface area contributed by atoms with Gasteiger partial charge < -0.3 is 5.11 Å². The van der Waals surface area contributed by atoms with Crippen LogP contribution in [0.4, 0.5) is 0 Å². The molecule has 2 N–H and O–H groups in total. The number of fused-ring (bicyclic) bond motifs is 1. The molecular weight excluding hydrogens is 324 g/mol. The molecule has 118 valence electrons. The SMILES string of the molecule is O=S(=O)(NCC1CCCC1O)c1ccc(Cl)c2ncccc12. The summed E-state index contributed by atoms with van der Waals surface area (Å²) in [6.07, 6.45) is 3.66. The minimum Gasteiger partial charge on any atom is -0.393 e. The quantitative estimate of drug-likeness (QED) is 0.895. The monoisotopic (exact) mass is 340 g/mol. The third kappa shape index (κ3) is 2.96. The molecule has 0 radical (unpaired) electrons. The van der Waals surface area contributed by atoms with E-state index in [1.54, 1.807) is 18.3 Å². The molecule has 1 aliphatic rings. The van der Waals surface area contributed by atoms with Crippen LogP contribution in [0.5, 0.6) is 0 Å². The van der Waals surface area contributed by atoms with E-state index in [1.807, 2.05) is 0 Å². The van der Waals surface area contributed by atoms with Crippen LogP contribution in [0.2, 0.25) is 5.02 Å². The molecule has 1 heterocycles. The first-order chi connectivity index (χ1) is 10.5. The van der Waals surface area contributed by atoms with Crippen LogP contribution >= 0.6 is 11.6 Å². The highest BCUT2D eigenvalue weighted by atomic mass is 35.5. The first kappa shape index (κ1) is 15.7. The van der Waals surface area contributed by atoms with Gasteiger partial charge in [0.05, 0.1) is 21.5 Å². The van der Waals surface area contributed by atoms with Gasteiger partial charge in [0.1, 0.15) is 0 Å². The Bertz CT molecular complexity index is 794. The number of aromatic nitrogens is 1. The molecule has 5 nitrogen and oxygen atoms in total. The van der Waals surface area contributed by atoms with E-state index in [0.717, 1.165) is 19.3 Å². The Kier molecular flexibility index (Phi) is 4.36. The molecule has 7 heteroatoms. The van der Waals surface area contributed by atoms with Gasteiger partial charge in [-0.25, -0.2) is 13.1 Å². The summed E-state index contributed by atoms with van der Waals surface area (Å²) in [5, 5.41) is 10.7. The minimum atomic E-state index is -3.67. The normalized spacial score (nSPS) is 22.3. The summed E-state index contributed by atoms with van der Waals surface area (Å²) >= 11 is 6.07. The van der Waals surface area contributed by atoms with E-state index in [4.69, 9.17) is 11.6 Å². The first-order valence-electron chi connectivity index (χ1n) is 7.20. The number of hydrogen-bond acceptors (Lipinski definition) is 4. The van der Waals surface area contributed by atoms with Gasteiger partial charge in [0.2, 0.25) is 10.0 Å². The largest absolute Gasteiger partial charge is 0.393 e. The van der Waals surface area contributed by atoms with Gasteiger partial charge in [-0.05, 0) is 43.0 Å². The second-order valence-electron chi connectivity index (χ2n) is 5.56. The van der Waals surface area contributed by atoms with Crippen LogP contribution < -0.4 is 4.72 Å². The molecular formula is C15H17ClN2O3S. The highest BCUT2D eigenvalue weighted by Gasteiger charge is 2.27. The fraction of sp³-hybridized carbons (Fsp3) is 0.400. The summed E-state index contributed by atoms with van der Waals surface area (Å²) in [6, 6.07) is 6.39. The topological polar surface area (TPSA) is 79.3 Å². The summed E-state index contributed by atoms with van der Waals surface area (Å²) < 4.78 is 27.7. The molecule has 1 saturated carbocycles. The van der Waals surface area contributed by atoms with Crippen molar-refractivity contribution in [2.75, 3.05) is 6.54 Å². The van der Waals surface area contributed by atoms with E-state index in [0.29, 0.717) is 15.9 Å². The van der Waals surface area contributed by atoms with Crippen molar-refractivity contribution in [1.82, 2.24) is 9.71 Å². The number of sulfonamides is 1. The van der Waals surface area contributed by atoms with Crippen LogP contribution in [0, 0.1) is 5.92 Å². The zero-order chi connectivity index (χ0) is 15.7. The lowest BCUT2D eigenvalue weighted by Gasteiger charge is -2.16. The maximum absolute atomic E-state index is 12.6. The lowest BCUT2D eigenvalue weighted by Crippen LogP contribution is -2.32. The molecule has 2 aromatic rings. The second kappa shape index (κ2) is 6.12. The average molecular weight is 341 g/mol. The molecule has 2 atom stereocenters. The number of benzene rings is 1. The number of hydrogen-bond donors (Lipinski definition) is 2. The highest BCUT2D eigenvalue weighted by Crippen LogP contribution is 2.28. The lowest BCUT2D eigenvalue weighted by molar-refractivity contribution is 0.134. The molecule has 0 aliphatic heterocycles. The Hall–Kier alpha value is -1.21. The summed E-state index contributed by atoms with van der Waals surface area (Å²) in [6.45, 7) is 0.244. The molecule has 0 amide bonds. The number of nitrogens with zero attached hydrogens (tertiary/aromatic N) is 1. The van der Waals surface area contributed by atoms with Crippen LogP contribution in [0.15, 0.2) is 35.4 Å². The molecule has 2 unspecified atom stereocenters. The van der Waals surface area contributed by atoms with Crippen LogP contribution in [0.1, 0.15) is 19.3 Å². The average Bonchev–Trinajstić information content (AvgIpc) is 2.91. The van der Waals surface area contributed by atoms with Gasteiger partial charge in [-0.2, -0.15) is 0 Å². The Morgan fingerprint density at radius 1 is 1.32 bits per heavy atom. The van der Waals surface area contributed by atoms with Crippen molar-refractivity contribution in [3.63, 3.8) is 0 Å². The van der Waals surface area contributed by atoms with E-state index in [9.17, 15) is 13.5 Å². The van der Waals surface area contributed by atoms with Gasteiger partial charge in [-0.3, -0.25) is 4.98 Å². The summed E-state index contributed by atoms with van der Waals surface area (Å²) in [7, 11) is -3.67. The zero-order valence-electron chi connectivity index (χ0n) is 11.9. The van der Waals surface area contributed by atoms with Crippen LogP contribution in [0.25, 0.3) is 10.9 Å². The Labute approximate surface area is 134 Å². The first-order valence-corrected chi connectivity index (χ1v) is 9.06. The van der Waals surface area contributed by atoms with Crippen LogP contribution in [-0.2, 0) is 10.0 Å². The van der Waals surface area contributed by atoms with E-state index >= 15 is 0 Å². The van der Waals surface area contributed by atoms with Crippen LogP contribution in [-0.4, -0.2) is 31.2 Å². The molecule has 0 saturated heterocycles. The van der Waals surface area contributed by atoms with Crippen molar-refractivity contribution >= 4 is 32.5 Å². The van der Waals surface area contributed by atoms with E-state index < -0.39 is 16.1 Å². The Balaban J connectivity index is 1.91. The molecule has 0 bridgehead atoms. The third-order valence-corrected chi connectivity index (χ3v) is 5.91. The summed E-state index contributed by atoms with van der Waals surface area (Å²) in [5.74, 6) is -0.0218. The second-order valence-corrected chi connectivity index (χ2v) is 7.70. The molecule has 3 rings (SSSR count). The van der Waals surface area contributed by atoms with Crippen molar-refractivity contribution < 1.29 is 13.5 Å². The molecule has 1 aliphatic carbocycles. The lowest BCUT2D eigenvalue weighted by atomic mass is 10.1. The van der Waals surface area contributed by atoms with Crippen molar-refractivity contribution in [3.05, 3.63) is 35.5 Å². The fourth-order valence-electron chi connectivity index (χ4n) is 2.90. The van der Waals surface area contributed by atoms with Crippen molar-refractivity contribution in [2.45, 2.75) is 30.3 Å². The van der Waals surface area contributed by atoms with Gasteiger partial charge >= 0.3 is 0 Å². The molecule has 0 spiro atoms. The number of halogens is 1. The van der Waals surface area contributed by atoms with Crippen LogP contribution in [0.3, 0.4) is 0 Å². The van der Waals surface area contributed by atoms with Gasteiger partial charge in [0, 0.05) is 18.1 Å². The Morgan fingerprint density at radius 3 is 2.86 bits per heavy atom. The predicted molar refractivity (Wildman–Crippen MR) is 85.3 cm³/mol. The van der Waals surface area contributed by atoms with Crippen molar-refractivity contribution in [1.29, 1.82) is 0 Å².